The van der Waals surface area contributed by atoms with Crippen molar-refractivity contribution in [3.63, 3.8) is 0 Å². The van der Waals surface area contributed by atoms with Crippen LogP contribution in [0.25, 0.3) is 0 Å². The number of aromatic amines is 1. The topological polar surface area (TPSA) is 83.1 Å². The molecule has 2 heterocycles. The lowest BCUT2D eigenvalue weighted by atomic mass is 10.3. The molecule has 0 radical (unpaired) electrons. The Morgan fingerprint density at radius 1 is 1.47 bits per heavy atom. The third kappa shape index (κ3) is 2.91. The van der Waals surface area contributed by atoms with Crippen LogP contribution in [0.1, 0.15) is 11.3 Å². The Bertz CT molecular complexity index is 719. The molecule has 0 saturated carbocycles. The van der Waals surface area contributed by atoms with E-state index >= 15 is 0 Å². The summed E-state index contributed by atoms with van der Waals surface area (Å²) in [7, 11) is -2.18. The molecule has 0 aromatic carbocycles. The van der Waals surface area contributed by atoms with Gasteiger partial charge in [0.2, 0.25) is 0 Å². The summed E-state index contributed by atoms with van der Waals surface area (Å²) in [6, 6.07) is 3.54. The molecular formula is C11H13N3O3S2. The second kappa shape index (κ2) is 5.24. The Hall–Kier alpha value is -1.51. The van der Waals surface area contributed by atoms with Gasteiger partial charge in [-0.2, -0.15) is 4.31 Å². The smallest absolute Gasteiger partial charge is 0.305 e. The molecular weight excluding hydrogens is 286 g/mol. The average Bonchev–Trinajstić information content (AvgIpc) is 2.70. The number of nitrogens with zero attached hydrogens (tertiary/aromatic N) is 2. The van der Waals surface area contributed by atoms with E-state index in [0.29, 0.717) is 17.0 Å². The van der Waals surface area contributed by atoms with Gasteiger partial charge in [-0.25, -0.2) is 8.42 Å². The summed E-state index contributed by atoms with van der Waals surface area (Å²) in [6.07, 6.45) is 3.23. The van der Waals surface area contributed by atoms with Crippen LogP contribution >= 0.6 is 11.3 Å². The van der Waals surface area contributed by atoms with Gasteiger partial charge in [-0.3, -0.25) is 9.78 Å². The molecule has 6 nitrogen and oxygen atoms in total. The number of sulfonamides is 1. The summed E-state index contributed by atoms with van der Waals surface area (Å²) < 4.78 is 25.9. The van der Waals surface area contributed by atoms with E-state index in [1.807, 2.05) is 0 Å². The van der Waals surface area contributed by atoms with Crippen molar-refractivity contribution in [1.29, 1.82) is 0 Å². The van der Waals surface area contributed by atoms with Crippen molar-refractivity contribution >= 4 is 21.4 Å². The fraction of sp³-hybridized carbons (Fsp3) is 0.273. The van der Waals surface area contributed by atoms with E-state index in [4.69, 9.17) is 0 Å². The van der Waals surface area contributed by atoms with Crippen LogP contribution in [0.2, 0.25) is 0 Å². The van der Waals surface area contributed by atoms with E-state index in [1.54, 1.807) is 31.5 Å². The molecule has 0 fully saturated rings. The molecule has 1 N–H and O–H groups in total. The summed E-state index contributed by atoms with van der Waals surface area (Å²) in [4.78, 5) is 17.3. The van der Waals surface area contributed by atoms with Crippen LogP contribution in [-0.4, -0.2) is 29.7 Å². The normalized spacial score (nSPS) is 11.9. The van der Waals surface area contributed by atoms with Crippen molar-refractivity contribution in [3.05, 3.63) is 45.5 Å². The summed E-state index contributed by atoms with van der Waals surface area (Å²) in [5.74, 6) is 0. The molecule has 8 heteroatoms. The zero-order valence-electron chi connectivity index (χ0n) is 10.5. The standard InChI is InChI=1S/C11H13N3O3S2/c1-8-10(18-11(15)13-8)19(16,17)14(2)7-9-4-3-5-12-6-9/h3-6H,7H2,1-2H3,(H,13,15). The van der Waals surface area contributed by atoms with Gasteiger partial charge in [0.25, 0.3) is 10.0 Å². The molecule has 0 spiro atoms. The molecule has 0 aliphatic rings. The molecule has 0 atom stereocenters. The summed E-state index contributed by atoms with van der Waals surface area (Å²) >= 11 is 0.704. The van der Waals surface area contributed by atoms with E-state index < -0.39 is 10.0 Å². The van der Waals surface area contributed by atoms with Crippen molar-refractivity contribution < 1.29 is 8.42 Å². The quantitative estimate of drug-likeness (QED) is 0.911. The number of aromatic nitrogens is 2. The second-order valence-electron chi connectivity index (χ2n) is 4.05. The van der Waals surface area contributed by atoms with Gasteiger partial charge >= 0.3 is 4.87 Å². The number of hydrogen-bond donors (Lipinski definition) is 1. The van der Waals surface area contributed by atoms with Gasteiger partial charge in [0.1, 0.15) is 0 Å². The molecule has 2 rings (SSSR count). The van der Waals surface area contributed by atoms with E-state index in [2.05, 4.69) is 9.97 Å². The zero-order valence-corrected chi connectivity index (χ0v) is 12.1. The maximum atomic E-state index is 12.3. The van der Waals surface area contributed by atoms with E-state index in [-0.39, 0.29) is 15.6 Å². The van der Waals surface area contributed by atoms with Crippen molar-refractivity contribution in [2.45, 2.75) is 17.7 Å². The SMILES string of the molecule is Cc1[nH]c(=O)sc1S(=O)(=O)N(C)Cc1cccnc1. The number of thiazole rings is 1. The highest BCUT2D eigenvalue weighted by Gasteiger charge is 2.25. The highest BCUT2D eigenvalue weighted by atomic mass is 32.2. The molecule has 19 heavy (non-hydrogen) atoms. The van der Waals surface area contributed by atoms with Gasteiger partial charge in [-0.15, -0.1) is 0 Å². The third-order valence-corrected chi connectivity index (χ3v) is 5.94. The summed E-state index contributed by atoms with van der Waals surface area (Å²) in [5.41, 5.74) is 1.15. The van der Waals surface area contributed by atoms with Crippen LogP contribution in [0.5, 0.6) is 0 Å². The number of H-pyrrole nitrogens is 1. The van der Waals surface area contributed by atoms with Crippen LogP contribution in [-0.2, 0) is 16.6 Å². The van der Waals surface area contributed by atoms with Crippen molar-refractivity contribution in [1.82, 2.24) is 14.3 Å². The minimum absolute atomic E-state index is 0.0592. The van der Waals surface area contributed by atoms with Crippen molar-refractivity contribution in [2.24, 2.45) is 0 Å². The molecule has 0 unspecified atom stereocenters. The first-order valence-electron chi connectivity index (χ1n) is 5.46. The van der Waals surface area contributed by atoms with Gasteiger partial charge in [0.15, 0.2) is 4.21 Å². The predicted octanol–water partition coefficient (Wildman–Crippen LogP) is 0.961. The zero-order chi connectivity index (χ0) is 14.0. The van der Waals surface area contributed by atoms with Crippen LogP contribution in [0.3, 0.4) is 0 Å². The Morgan fingerprint density at radius 3 is 2.74 bits per heavy atom. The molecule has 0 amide bonds. The maximum absolute atomic E-state index is 12.3. The molecule has 2 aromatic heterocycles. The van der Waals surface area contributed by atoms with Gasteiger partial charge in [0, 0.05) is 31.7 Å². The van der Waals surface area contributed by atoms with Crippen LogP contribution < -0.4 is 4.87 Å². The van der Waals surface area contributed by atoms with Gasteiger partial charge < -0.3 is 4.98 Å². The molecule has 0 aliphatic heterocycles. The first-order chi connectivity index (χ1) is 8.91. The van der Waals surface area contributed by atoms with Gasteiger partial charge in [-0.05, 0) is 18.6 Å². The molecule has 0 bridgehead atoms. The Labute approximate surface area is 114 Å². The van der Waals surface area contributed by atoms with E-state index in [9.17, 15) is 13.2 Å². The summed E-state index contributed by atoms with van der Waals surface area (Å²) in [6.45, 7) is 1.78. The molecule has 2 aromatic rings. The number of aryl methyl sites for hydroxylation is 1. The van der Waals surface area contributed by atoms with E-state index in [0.717, 1.165) is 5.56 Å². The first kappa shape index (κ1) is 13.9. The first-order valence-corrected chi connectivity index (χ1v) is 7.72. The van der Waals surface area contributed by atoms with Crippen LogP contribution in [0.15, 0.2) is 33.5 Å². The predicted molar refractivity (Wildman–Crippen MR) is 72.6 cm³/mol. The van der Waals surface area contributed by atoms with Gasteiger partial charge in [-0.1, -0.05) is 17.4 Å². The minimum Gasteiger partial charge on any atom is -0.315 e. The lowest BCUT2D eigenvalue weighted by Gasteiger charge is -2.16. The molecule has 102 valence electrons. The lowest BCUT2D eigenvalue weighted by Crippen LogP contribution is -2.26. The largest absolute Gasteiger partial charge is 0.315 e. The Kier molecular flexibility index (Phi) is 3.83. The third-order valence-electron chi connectivity index (χ3n) is 2.55. The number of rotatable bonds is 4. The second-order valence-corrected chi connectivity index (χ2v) is 7.27. The fourth-order valence-corrected chi connectivity index (χ4v) is 4.26. The average molecular weight is 299 g/mol. The fourth-order valence-electron chi connectivity index (χ4n) is 1.61. The van der Waals surface area contributed by atoms with E-state index in [1.165, 1.54) is 11.4 Å². The highest BCUT2D eigenvalue weighted by molar-refractivity contribution is 7.91. The number of hydrogen-bond acceptors (Lipinski definition) is 5. The molecule has 0 aliphatic carbocycles. The lowest BCUT2D eigenvalue weighted by molar-refractivity contribution is 0.467. The van der Waals surface area contributed by atoms with Crippen LogP contribution in [0.4, 0.5) is 0 Å². The Morgan fingerprint density at radius 2 is 2.21 bits per heavy atom. The number of nitrogens with one attached hydrogen (secondary N) is 1. The number of pyridine rings is 1. The van der Waals surface area contributed by atoms with Crippen molar-refractivity contribution in [2.75, 3.05) is 7.05 Å². The van der Waals surface area contributed by atoms with Gasteiger partial charge in [0.05, 0.1) is 0 Å². The monoisotopic (exact) mass is 299 g/mol. The molecule has 0 saturated heterocycles. The van der Waals surface area contributed by atoms with Crippen molar-refractivity contribution in [3.8, 4) is 0 Å². The van der Waals surface area contributed by atoms with Crippen LogP contribution in [0, 0.1) is 6.92 Å². The maximum Gasteiger partial charge on any atom is 0.305 e. The Balaban J connectivity index is 2.30. The minimum atomic E-state index is -3.65. The summed E-state index contributed by atoms with van der Waals surface area (Å²) in [5, 5.41) is 0. The highest BCUT2D eigenvalue weighted by Crippen LogP contribution is 2.21.